The molecule has 32 heavy (non-hydrogen) atoms. The van der Waals surface area contributed by atoms with Gasteiger partial charge in [-0.2, -0.15) is 13.2 Å². The van der Waals surface area contributed by atoms with E-state index in [1.807, 2.05) is 24.3 Å². The van der Waals surface area contributed by atoms with Gasteiger partial charge in [0.2, 0.25) is 5.91 Å². The zero-order chi connectivity index (χ0) is 22.3. The van der Waals surface area contributed by atoms with E-state index in [2.05, 4.69) is 21.1 Å². The summed E-state index contributed by atoms with van der Waals surface area (Å²) >= 11 is 0. The number of hydrazine groups is 1. The quantitative estimate of drug-likeness (QED) is 0.680. The zero-order valence-corrected chi connectivity index (χ0v) is 17.5. The molecule has 0 aromatic heterocycles. The summed E-state index contributed by atoms with van der Waals surface area (Å²) in [5.74, 6) is 0.374. The van der Waals surface area contributed by atoms with Gasteiger partial charge in [-0.05, 0) is 54.8 Å². The Balaban J connectivity index is 1.34. The lowest BCUT2D eigenvalue weighted by molar-refractivity contribution is -0.137. The minimum absolute atomic E-state index is 0.0603. The van der Waals surface area contributed by atoms with Gasteiger partial charge in [0, 0.05) is 30.2 Å². The van der Waals surface area contributed by atoms with Gasteiger partial charge in [-0.15, -0.1) is 0 Å². The summed E-state index contributed by atoms with van der Waals surface area (Å²) in [6, 6.07) is 13.0. The highest BCUT2D eigenvalue weighted by Crippen LogP contribution is 2.36. The molecule has 2 saturated heterocycles. The van der Waals surface area contributed by atoms with Crippen molar-refractivity contribution < 1.29 is 18.0 Å². The fraction of sp³-hybridized carbons (Fsp3) is 0.375. The van der Waals surface area contributed by atoms with Crippen molar-refractivity contribution in [1.29, 1.82) is 0 Å². The average Bonchev–Trinajstić information content (AvgIpc) is 3.22. The fourth-order valence-electron chi connectivity index (χ4n) is 4.90. The molecule has 2 atom stereocenters. The second kappa shape index (κ2) is 8.26. The molecule has 0 bridgehead atoms. The maximum atomic E-state index is 12.8. The summed E-state index contributed by atoms with van der Waals surface area (Å²) in [5, 5.41) is 8.57. The largest absolute Gasteiger partial charge is 0.416 e. The molecule has 3 aliphatic rings. The average molecular weight is 442 g/mol. The molecule has 0 spiro atoms. The van der Waals surface area contributed by atoms with Crippen molar-refractivity contribution in [2.45, 2.75) is 31.1 Å². The van der Waals surface area contributed by atoms with Gasteiger partial charge in [-0.3, -0.25) is 9.80 Å². The van der Waals surface area contributed by atoms with E-state index in [9.17, 15) is 18.0 Å². The number of allylic oxidation sites excluding steroid dienone is 1. The SMILES string of the molecule is O=C1C=C(C2CCNCC2)N2NCC(c3ccc(-c4ccc(C(F)(F)F)cc4)cc3)C2N1. The molecule has 3 heterocycles. The number of halogens is 3. The molecule has 168 valence electrons. The lowest BCUT2D eigenvalue weighted by Gasteiger charge is -2.39. The first kappa shape index (κ1) is 21.0. The van der Waals surface area contributed by atoms with Crippen molar-refractivity contribution in [2.75, 3.05) is 19.6 Å². The third kappa shape index (κ3) is 4.00. The molecule has 2 unspecified atom stereocenters. The molecule has 3 N–H and O–H groups in total. The van der Waals surface area contributed by atoms with Crippen molar-refractivity contribution in [3.05, 3.63) is 71.4 Å². The minimum atomic E-state index is -4.34. The van der Waals surface area contributed by atoms with Gasteiger partial charge in [-0.1, -0.05) is 36.4 Å². The number of hydrogen-bond acceptors (Lipinski definition) is 4. The highest BCUT2D eigenvalue weighted by molar-refractivity contribution is 5.89. The van der Waals surface area contributed by atoms with Crippen LogP contribution in [0.2, 0.25) is 0 Å². The van der Waals surface area contributed by atoms with E-state index in [0.717, 1.165) is 60.5 Å². The molecule has 5 rings (SSSR count). The monoisotopic (exact) mass is 442 g/mol. The molecule has 0 saturated carbocycles. The molecule has 2 aromatic rings. The number of piperidine rings is 1. The van der Waals surface area contributed by atoms with Crippen molar-refractivity contribution in [1.82, 2.24) is 21.1 Å². The molecular formula is C24H25F3N4O. The van der Waals surface area contributed by atoms with Crippen LogP contribution in [0.1, 0.15) is 29.9 Å². The molecule has 0 radical (unpaired) electrons. The van der Waals surface area contributed by atoms with Crippen molar-refractivity contribution >= 4 is 5.91 Å². The number of carbonyl (C=O) groups excluding carboxylic acids is 1. The van der Waals surface area contributed by atoms with Gasteiger partial charge in [0.25, 0.3) is 0 Å². The van der Waals surface area contributed by atoms with E-state index in [1.54, 1.807) is 6.08 Å². The van der Waals surface area contributed by atoms with Crippen LogP contribution in [0.4, 0.5) is 13.2 Å². The summed E-state index contributed by atoms with van der Waals surface area (Å²) in [5.41, 5.74) is 6.54. The van der Waals surface area contributed by atoms with E-state index in [1.165, 1.54) is 12.1 Å². The normalized spacial score (nSPS) is 24.2. The molecule has 3 aliphatic heterocycles. The third-order valence-electron chi connectivity index (χ3n) is 6.63. The van der Waals surface area contributed by atoms with Crippen molar-refractivity contribution in [3.63, 3.8) is 0 Å². The summed E-state index contributed by atoms with van der Waals surface area (Å²) in [6.07, 6.45) is -0.757. The number of carbonyl (C=O) groups is 1. The first-order valence-corrected chi connectivity index (χ1v) is 10.9. The standard InChI is InChI=1S/C24H25F3N4O/c25-24(26,27)19-7-5-16(6-8-19)15-1-3-17(4-2-15)20-14-29-31-21(13-22(32)30-23(20)31)18-9-11-28-12-10-18/h1-8,13,18,20,23,28-29H,9-12,14H2,(H,30,32). The van der Waals surface area contributed by atoms with E-state index < -0.39 is 11.7 Å². The first-order valence-electron chi connectivity index (χ1n) is 10.9. The van der Waals surface area contributed by atoms with Crippen LogP contribution in [0.15, 0.2) is 60.3 Å². The predicted molar refractivity (Wildman–Crippen MR) is 115 cm³/mol. The Morgan fingerprint density at radius 1 is 0.906 bits per heavy atom. The van der Waals surface area contributed by atoms with Gasteiger partial charge >= 0.3 is 6.18 Å². The Hall–Kier alpha value is -2.84. The van der Waals surface area contributed by atoms with Crippen LogP contribution >= 0.6 is 0 Å². The van der Waals surface area contributed by atoms with Crippen LogP contribution < -0.4 is 16.1 Å². The zero-order valence-electron chi connectivity index (χ0n) is 17.5. The summed E-state index contributed by atoms with van der Waals surface area (Å²) < 4.78 is 38.4. The predicted octanol–water partition coefficient (Wildman–Crippen LogP) is 3.62. The van der Waals surface area contributed by atoms with E-state index >= 15 is 0 Å². The summed E-state index contributed by atoms with van der Waals surface area (Å²) in [7, 11) is 0. The van der Waals surface area contributed by atoms with Crippen LogP contribution in [0.25, 0.3) is 11.1 Å². The number of hydrogen-bond donors (Lipinski definition) is 3. The highest BCUT2D eigenvalue weighted by Gasteiger charge is 2.41. The molecule has 0 aliphatic carbocycles. The van der Waals surface area contributed by atoms with Crippen molar-refractivity contribution in [2.24, 2.45) is 5.92 Å². The van der Waals surface area contributed by atoms with Crippen LogP contribution in [0, 0.1) is 5.92 Å². The molecular weight excluding hydrogens is 417 g/mol. The van der Waals surface area contributed by atoms with Crippen LogP contribution in [0.5, 0.6) is 0 Å². The fourth-order valence-corrected chi connectivity index (χ4v) is 4.90. The van der Waals surface area contributed by atoms with E-state index in [0.29, 0.717) is 12.5 Å². The van der Waals surface area contributed by atoms with Gasteiger partial charge in [0.1, 0.15) is 6.17 Å². The van der Waals surface area contributed by atoms with Crippen LogP contribution in [-0.2, 0) is 11.0 Å². The topological polar surface area (TPSA) is 56.4 Å². The maximum Gasteiger partial charge on any atom is 0.416 e. The highest BCUT2D eigenvalue weighted by atomic mass is 19.4. The number of rotatable bonds is 3. The molecule has 2 fully saturated rings. The Morgan fingerprint density at radius 2 is 1.53 bits per heavy atom. The molecule has 2 aromatic carbocycles. The number of alkyl halides is 3. The first-order chi connectivity index (χ1) is 15.4. The molecule has 8 heteroatoms. The van der Waals surface area contributed by atoms with Gasteiger partial charge < -0.3 is 10.6 Å². The Kier molecular flexibility index (Phi) is 5.43. The summed E-state index contributed by atoms with van der Waals surface area (Å²) in [4.78, 5) is 12.4. The Bertz CT molecular complexity index is 1010. The summed E-state index contributed by atoms with van der Waals surface area (Å²) in [6.45, 7) is 2.61. The van der Waals surface area contributed by atoms with Gasteiger partial charge in [0.15, 0.2) is 0 Å². The molecule has 1 amide bonds. The van der Waals surface area contributed by atoms with Crippen molar-refractivity contribution in [3.8, 4) is 11.1 Å². The third-order valence-corrected chi connectivity index (χ3v) is 6.63. The maximum absolute atomic E-state index is 12.8. The smallest absolute Gasteiger partial charge is 0.330 e. The van der Waals surface area contributed by atoms with Crippen LogP contribution in [-0.4, -0.2) is 36.7 Å². The number of benzene rings is 2. The van der Waals surface area contributed by atoms with E-state index in [-0.39, 0.29) is 18.0 Å². The number of nitrogens with zero attached hydrogens (tertiary/aromatic N) is 1. The lowest BCUT2D eigenvalue weighted by Crippen LogP contribution is -2.53. The molecule has 5 nitrogen and oxygen atoms in total. The number of fused-ring (bicyclic) bond motifs is 1. The second-order valence-electron chi connectivity index (χ2n) is 8.58. The Morgan fingerprint density at radius 3 is 2.16 bits per heavy atom. The van der Waals surface area contributed by atoms with E-state index in [4.69, 9.17) is 0 Å². The minimum Gasteiger partial charge on any atom is -0.330 e. The van der Waals surface area contributed by atoms with Crippen LogP contribution in [0.3, 0.4) is 0 Å². The number of amides is 1. The lowest BCUT2D eigenvalue weighted by atomic mass is 9.90. The Labute approximate surface area is 184 Å². The number of nitrogens with one attached hydrogen (secondary N) is 3. The van der Waals surface area contributed by atoms with Gasteiger partial charge in [-0.25, -0.2) is 5.43 Å². The van der Waals surface area contributed by atoms with Gasteiger partial charge in [0.05, 0.1) is 5.56 Å². The second-order valence-corrected chi connectivity index (χ2v) is 8.58.